The van der Waals surface area contributed by atoms with Gasteiger partial charge in [-0.3, -0.25) is 19.3 Å². The van der Waals surface area contributed by atoms with Crippen molar-refractivity contribution in [1.29, 1.82) is 0 Å². The minimum absolute atomic E-state index is 0.0179. The molecule has 2 saturated heterocycles. The number of hydrogen-bond donors (Lipinski definition) is 2. The molecular formula is C28H44N4O4. The van der Waals surface area contributed by atoms with Crippen molar-refractivity contribution in [2.45, 2.75) is 77.4 Å². The zero-order valence-corrected chi connectivity index (χ0v) is 22.5. The van der Waals surface area contributed by atoms with Crippen LogP contribution in [0.1, 0.15) is 75.2 Å². The number of carbonyl (C=O) groups excluding carboxylic acids is 3. The van der Waals surface area contributed by atoms with Gasteiger partial charge in [0.2, 0.25) is 11.8 Å². The van der Waals surface area contributed by atoms with Crippen LogP contribution in [-0.4, -0.2) is 79.0 Å². The standard InChI is InChI=1S/C28H44N4O4/c1-5-6-15-32-26(34)24(19-21(2)3)30-27(35)28(32)12-16-31(17-13-28)20-22-8-10-23(11-9-22)25(33)29-14-7-18-36-4/h8-11,21,24H,5-7,12-20H2,1-4H3,(H,29,33)(H,30,35)/t24-/m0/s1. The molecule has 3 rings (SSSR count). The number of hydrogen-bond acceptors (Lipinski definition) is 5. The number of piperazine rings is 1. The normalized spacial score (nSPS) is 20.1. The van der Waals surface area contributed by atoms with Crippen LogP contribution in [0, 0.1) is 5.92 Å². The number of amides is 3. The quantitative estimate of drug-likeness (QED) is 0.431. The van der Waals surface area contributed by atoms with Gasteiger partial charge in [0.15, 0.2) is 0 Å². The van der Waals surface area contributed by atoms with Crippen molar-refractivity contribution >= 4 is 17.7 Å². The predicted octanol–water partition coefficient (Wildman–Crippen LogP) is 2.96. The lowest BCUT2D eigenvalue weighted by Crippen LogP contribution is -2.73. The molecule has 0 unspecified atom stereocenters. The lowest BCUT2D eigenvalue weighted by Gasteiger charge is -2.52. The summed E-state index contributed by atoms with van der Waals surface area (Å²) in [4.78, 5) is 43.3. The summed E-state index contributed by atoms with van der Waals surface area (Å²) in [5.41, 5.74) is 1.04. The van der Waals surface area contributed by atoms with Gasteiger partial charge in [-0.1, -0.05) is 39.3 Å². The van der Waals surface area contributed by atoms with E-state index in [2.05, 4.69) is 36.3 Å². The molecule has 0 aliphatic carbocycles. The Kier molecular flexibility index (Phi) is 10.3. The van der Waals surface area contributed by atoms with E-state index in [-0.39, 0.29) is 17.7 Å². The Morgan fingerprint density at radius 3 is 2.47 bits per heavy atom. The topological polar surface area (TPSA) is 91.0 Å². The van der Waals surface area contributed by atoms with Crippen molar-refractivity contribution in [1.82, 2.24) is 20.4 Å². The first kappa shape index (κ1) is 28.1. The number of likely N-dealkylation sites (tertiary alicyclic amines) is 1. The molecule has 0 saturated carbocycles. The lowest BCUT2D eigenvalue weighted by molar-refractivity contribution is -0.161. The van der Waals surface area contributed by atoms with E-state index in [9.17, 15) is 14.4 Å². The zero-order chi connectivity index (χ0) is 26.1. The number of rotatable bonds is 12. The second kappa shape index (κ2) is 13.2. The highest BCUT2D eigenvalue weighted by molar-refractivity contribution is 6.00. The molecule has 1 aromatic rings. The molecule has 2 fully saturated rings. The van der Waals surface area contributed by atoms with Gasteiger partial charge in [-0.15, -0.1) is 0 Å². The van der Waals surface area contributed by atoms with Crippen LogP contribution in [0.5, 0.6) is 0 Å². The molecule has 0 radical (unpaired) electrons. The molecule has 0 aromatic heterocycles. The number of piperidine rings is 1. The Balaban J connectivity index is 1.59. The fraction of sp³-hybridized carbons (Fsp3) is 0.679. The fourth-order valence-corrected chi connectivity index (χ4v) is 5.27. The monoisotopic (exact) mass is 500 g/mol. The number of carbonyl (C=O) groups is 3. The van der Waals surface area contributed by atoms with Crippen LogP contribution < -0.4 is 10.6 Å². The largest absolute Gasteiger partial charge is 0.385 e. The smallest absolute Gasteiger partial charge is 0.251 e. The Bertz CT molecular complexity index is 878. The molecule has 2 aliphatic rings. The molecule has 3 amide bonds. The molecule has 1 atom stereocenters. The zero-order valence-electron chi connectivity index (χ0n) is 22.5. The second-order valence-electron chi connectivity index (χ2n) is 10.6. The number of methoxy groups -OCH3 is 1. The Labute approximate surface area is 216 Å². The van der Waals surface area contributed by atoms with E-state index in [0.29, 0.717) is 50.4 Å². The van der Waals surface area contributed by atoms with Crippen molar-refractivity contribution in [2.75, 3.05) is 39.9 Å². The summed E-state index contributed by atoms with van der Waals surface area (Å²) in [5, 5.41) is 5.98. The van der Waals surface area contributed by atoms with Crippen LogP contribution in [0.2, 0.25) is 0 Å². The maximum absolute atomic E-state index is 13.4. The molecule has 2 N–H and O–H groups in total. The van der Waals surface area contributed by atoms with E-state index in [1.54, 1.807) is 7.11 Å². The third kappa shape index (κ3) is 6.85. The lowest BCUT2D eigenvalue weighted by atomic mass is 9.80. The summed E-state index contributed by atoms with van der Waals surface area (Å²) in [6.45, 7) is 10.4. The van der Waals surface area contributed by atoms with Crippen molar-refractivity contribution in [2.24, 2.45) is 5.92 Å². The van der Waals surface area contributed by atoms with Crippen LogP contribution in [0.4, 0.5) is 0 Å². The maximum atomic E-state index is 13.4. The highest BCUT2D eigenvalue weighted by Crippen LogP contribution is 2.34. The van der Waals surface area contributed by atoms with Gasteiger partial charge in [-0.25, -0.2) is 0 Å². The number of nitrogens with one attached hydrogen (secondary N) is 2. The molecule has 36 heavy (non-hydrogen) atoms. The summed E-state index contributed by atoms with van der Waals surface area (Å²) in [5.74, 6) is 0.371. The van der Waals surface area contributed by atoms with Gasteiger partial charge in [0.1, 0.15) is 11.6 Å². The fourth-order valence-electron chi connectivity index (χ4n) is 5.27. The van der Waals surface area contributed by atoms with Crippen molar-refractivity contribution < 1.29 is 19.1 Å². The Morgan fingerprint density at radius 2 is 1.86 bits per heavy atom. The molecule has 2 heterocycles. The van der Waals surface area contributed by atoms with Gasteiger partial charge in [0.25, 0.3) is 5.91 Å². The van der Waals surface area contributed by atoms with Crippen LogP contribution >= 0.6 is 0 Å². The van der Waals surface area contributed by atoms with Gasteiger partial charge in [0, 0.05) is 52.0 Å². The summed E-state index contributed by atoms with van der Waals surface area (Å²) in [6, 6.07) is 7.31. The van der Waals surface area contributed by atoms with Crippen molar-refractivity contribution in [3.63, 3.8) is 0 Å². The number of unbranched alkanes of at least 4 members (excludes halogenated alkanes) is 1. The highest BCUT2D eigenvalue weighted by atomic mass is 16.5. The first-order valence-electron chi connectivity index (χ1n) is 13.5. The SMILES string of the molecule is CCCCN1C(=O)[C@H](CC(C)C)NC(=O)C12CCN(Cc1ccc(C(=O)NCCCOC)cc1)CC2. The average molecular weight is 501 g/mol. The first-order valence-corrected chi connectivity index (χ1v) is 13.5. The van der Waals surface area contributed by atoms with Gasteiger partial charge >= 0.3 is 0 Å². The van der Waals surface area contributed by atoms with Gasteiger partial charge < -0.3 is 20.3 Å². The van der Waals surface area contributed by atoms with E-state index in [4.69, 9.17) is 4.74 Å². The Hall–Kier alpha value is -2.45. The van der Waals surface area contributed by atoms with Crippen LogP contribution in [-0.2, 0) is 20.9 Å². The maximum Gasteiger partial charge on any atom is 0.251 e. The minimum atomic E-state index is -0.735. The summed E-state index contributed by atoms with van der Waals surface area (Å²) in [6.07, 6.45) is 4.65. The van der Waals surface area contributed by atoms with Gasteiger partial charge in [-0.05, 0) is 55.7 Å². The van der Waals surface area contributed by atoms with E-state index >= 15 is 0 Å². The van der Waals surface area contributed by atoms with Crippen LogP contribution in [0.25, 0.3) is 0 Å². The number of ether oxygens (including phenoxy) is 1. The number of nitrogens with zero attached hydrogens (tertiary/aromatic N) is 2. The molecule has 8 nitrogen and oxygen atoms in total. The first-order chi connectivity index (χ1) is 17.3. The highest BCUT2D eigenvalue weighted by Gasteiger charge is 2.53. The molecule has 0 bridgehead atoms. The third-order valence-corrected chi connectivity index (χ3v) is 7.37. The average Bonchev–Trinajstić information content (AvgIpc) is 2.86. The second-order valence-corrected chi connectivity index (χ2v) is 10.6. The molecule has 8 heteroatoms. The predicted molar refractivity (Wildman–Crippen MR) is 141 cm³/mol. The summed E-state index contributed by atoms with van der Waals surface area (Å²) < 4.78 is 5.01. The third-order valence-electron chi connectivity index (χ3n) is 7.37. The molecule has 2 aliphatic heterocycles. The molecule has 1 spiro atoms. The minimum Gasteiger partial charge on any atom is -0.385 e. The number of benzene rings is 1. The van der Waals surface area contributed by atoms with E-state index in [0.717, 1.165) is 44.5 Å². The molecule has 200 valence electrons. The van der Waals surface area contributed by atoms with Crippen molar-refractivity contribution in [3.8, 4) is 0 Å². The van der Waals surface area contributed by atoms with E-state index < -0.39 is 11.6 Å². The summed E-state index contributed by atoms with van der Waals surface area (Å²) in [7, 11) is 1.65. The van der Waals surface area contributed by atoms with Crippen molar-refractivity contribution in [3.05, 3.63) is 35.4 Å². The van der Waals surface area contributed by atoms with Crippen LogP contribution in [0.3, 0.4) is 0 Å². The van der Waals surface area contributed by atoms with Crippen LogP contribution in [0.15, 0.2) is 24.3 Å². The van der Waals surface area contributed by atoms with Gasteiger partial charge in [-0.2, -0.15) is 0 Å². The summed E-state index contributed by atoms with van der Waals surface area (Å²) >= 11 is 0. The Morgan fingerprint density at radius 1 is 1.17 bits per heavy atom. The molecule has 1 aromatic carbocycles. The van der Waals surface area contributed by atoms with E-state index in [1.165, 1.54) is 0 Å². The molecular weight excluding hydrogens is 456 g/mol. The van der Waals surface area contributed by atoms with Gasteiger partial charge in [0.05, 0.1) is 0 Å². The van der Waals surface area contributed by atoms with E-state index in [1.807, 2.05) is 29.2 Å².